The fourth-order valence-electron chi connectivity index (χ4n) is 5.53. The van der Waals surface area contributed by atoms with Crippen molar-refractivity contribution in [3.05, 3.63) is 0 Å². The van der Waals surface area contributed by atoms with Gasteiger partial charge < -0.3 is 10.2 Å². The number of aliphatic hydroxyl groups is 2. The van der Waals surface area contributed by atoms with E-state index >= 15 is 0 Å². The first-order valence-corrected chi connectivity index (χ1v) is 16.2. The van der Waals surface area contributed by atoms with Crippen molar-refractivity contribution < 1.29 is 14.7 Å². The van der Waals surface area contributed by atoms with Crippen molar-refractivity contribution in [1.82, 2.24) is 0 Å². The summed E-state index contributed by atoms with van der Waals surface area (Å²) in [6.07, 6.45) is 31.3. The molecule has 0 saturated carbocycles. The van der Waals surface area contributed by atoms with Gasteiger partial charge in [-0.3, -0.25) is 4.48 Å². The van der Waals surface area contributed by atoms with Gasteiger partial charge >= 0.3 is 0 Å². The van der Waals surface area contributed by atoms with Crippen LogP contribution in [0.2, 0.25) is 0 Å². The van der Waals surface area contributed by atoms with Crippen LogP contribution in [0.1, 0.15) is 175 Å². The van der Waals surface area contributed by atoms with Crippen molar-refractivity contribution in [2.24, 2.45) is 0 Å². The Morgan fingerprint density at radius 3 is 0.886 bits per heavy atom. The summed E-state index contributed by atoms with van der Waals surface area (Å²) in [7, 11) is 2.16. The summed E-state index contributed by atoms with van der Waals surface area (Å²) in [5, 5.41) is 20.8. The summed E-state index contributed by atoms with van der Waals surface area (Å²) >= 11 is 0. The molecule has 0 spiro atoms. The largest absolute Gasteiger partial charge is 0.384 e. The Morgan fingerprint density at radius 1 is 0.429 bits per heavy atom. The monoisotopic (exact) mass is 499 g/mol. The van der Waals surface area contributed by atoms with Gasteiger partial charge in [-0.1, -0.05) is 142 Å². The second-order valence-corrected chi connectivity index (χ2v) is 11.9. The molecule has 0 aromatic rings. The van der Waals surface area contributed by atoms with E-state index in [0.29, 0.717) is 4.48 Å². The first kappa shape index (κ1) is 34.9. The summed E-state index contributed by atoms with van der Waals surface area (Å²) < 4.78 is 0.618. The lowest BCUT2D eigenvalue weighted by atomic mass is 10.0. The molecule has 3 nitrogen and oxygen atoms in total. The highest BCUT2D eigenvalue weighted by Crippen LogP contribution is 2.19. The molecular formula is C32H68NO2+. The van der Waals surface area contributed by atoms with Gasteiger partial charge in [-0.25, -0.2) is 0 Å². The molecule has 2 atom stereocenters. The normalized spacial score (nSPS) is 13.9. The van der Waals surface area contributed by atoms with Gasteiger partial charge in [-0.15, -0.1) is 0 Å². The van der Waals surface area contributed by atoms with E-state index < -0.39 is 12.3 Å². The maximum Gasteiger partial charge on any atom is 0.216 e. The van der Waals surface area contributed by atoms with Crippen molar-refractivity contribution in [2.75, 3.05) is 20.1 Å². The van der Waals surface area contributed by atoms with Gasteiger partial charge in [0.15, 0.2) is 0 Å². The van der Waals surface area contributed by atoms with E-state index in [0.717, 1.165) is 25.9 Å². The van der Waals surface area contributed by atoms with Crippen LogP contribution >= 0.6 is 0 Å². The highest BCUT2D eigenvalue weighted by Gasteiger charge is 2.33. The van der Waals surface area contributed by atoms with Crippen LogP contribution in [-0.4, -0.2) is 47.2 Å². The summed E-state index contributed by atoms with van der Waals surface area (Å²) in [6.45, 7) is 8.28. The minimum atomic E-state index is -0.658. The standard InChI is InChI=1S/C32H68NO2/c1-5-7-9-11-13-15-17-19-21-23-25-27-29-33(4,32(35)31(3)34)30-28-26-24-22-20-18-16-14-12-10-8-6-2/h31-32,34-35H,5-30H2,1-4H3/q+1. The second-order valence-electron chi connectivity index (χ2n) is 11.9. The lowest BCUT2D eigenvalue weighted by Gasteiger charge is -2.40. The highest BCUT2D eigenvalue weighted by molar-refractivity contribution is 4.56. The molecule has 0 heterocycles. The van der Waals surface area contributed by atoms with Crippen LogP contribution in [0, 0.1) is 0 Å². The molecule has 35 heavy (non-hydrogen) atoms. The fourth-order valence-corrected chi connectivity index (χ4v) is 5.53. The minimum absolute atomic E-state index is 0.618. The average molecular weight is 499 g/mol. The van der Waals surface area contributed by atoms with Crippen LogP contribution in [-0.2, 0) is 0 Å². The first-order chi connectivity index (χ1) is 17.0. The van der Waals surface area contributed by atoms with Crippen molar-refractivity contribution in [1.29, 1.82) is 0 Å². The van der Waals surface area contributed by atoms with Gasteiger partial charge in [-0.2, -0.15) is 0 Å². The van der Waals surface area contributed by atoms with Crippen molar-refractivity contribution in [3.8, 4) is 0 Å². The average Bonchev–Trinajstić information content (AvgIpc) is 2.84. The lowest BCUT2D eigenvalue weighted by molar-refractivity contribution is -0.958. The zero-order valence-electron chi connectivity index (χ0n) is 24.9. The zero-order valence-corrected chi connectivity index (χ0v) is 24.9. The minimum Gasteiger partial charge on any atom is -0.384 e. The first-order valence-electron chi connectivity index (χ1n) is 16.2. The lowest BCUT2D eigenvalue weighted by Crippen LogP contribution is -2.57. The third-order valence-electron chi connectivity index (χ3n) is 8.12. The van der Waals surface area contributed by atoms with Gasteiger partial charge in [-0.05, 0) is 32.6 Å². The van der Waals surface area contributed by atoms with Crippen LogP contribution in [0.15, 0.2) is 0 Å². The van der Waals surface area contributed by atoms with Crippen LogP contribution < -0.4 is 0 Å². The third-order valence-corrected chi connectivity index (χ3v) is 8.12. The van der Waals surface area contributed by atoms with Crippen molar-refractivity contribution >= 4 is 0 Å². The summed E-state index contributed by atoms with van der Waals surface area (Å²) in [4.78, 5) is 0. The van der Waals surface area contributed by atoms with Gasteiger partial charge in [0, 0.05) is 0 Å². The molecule has 0 aromatic carbocycles. The van der Waals surface area contributed by atoms with Crippen LogP contribution in [0.3, 0.4) is 0 Å². The number of nitrogens with zero attached hydrogens (tertiary/aromatic N) is 1. The molecule has 2 unspecified atom stereocenters. The molecule has 0 fully saturated rings. The van der Waals surface area contributed by atoms with E-state index in [1.807, 2.05) is 0 Å². The number of likely N-dealkylation sites (N-methyl/N-ethyl adjacent to an activating group) is 1. The number of hydrogen-bond donors (Lipinski definition) is 2. The third kappa shape index (κ3) is 21.7. The molecule has 0 aliphatic carbocycles. The molecule has 0 saturated heterocycles. The number of unbranched alkanes of at least 4 members (excludes halogenated alkanes) is 22. The van der Waals surface area contributed by atoms with Gasteiger partial charge in [0.1, 0.15) is 6.10 Å². The van der Waals surface area contributed by atoms with E-state index in [2.05, 4.69) is 20.9 Å². The number of aliphatic hydroxyl groups excluding tert-OH is 2. The number of rotatable bonds is 28. The predicted octanol–water partition coefficient (Wildman–Crippen LogP) is 9.53. The molecule has 212 valence electrons. The topological polar surface area (TPSA) is 40.5 Å². The Hall–Kier alpha value is -0.120. The summed E-state index contributed by atoms with van der Waals surface area (Å²) in [5.74, 6) is 0. The quantitative estimate of drug-likeness (QED) is 0.0640. The summed E-state index contributed by atoms with van der Waals surface area (Å²) in [5.41, 5.74) is 0. The molecule has 0 rings (SSSR count). The molecule has 0 aliphatic heterocycles. The Balaban J connectivity index is 3.85. The van der Waals surface area contributed by atoms with E-state index in [4.69, 9.17) is 0 Å². The smallest absolute Gasteiger partial charge is 0.216 e. The SMILES string of the molecule is CCCCCCCCCCCCCC[N+](C)(CCCCCCCCCCCCCC)C(O)C(C)O. The summed E-state index contributed by atoms with van der Waals surface area (Å²) in [6, 6.07) is 0. The van der Waals surface area contributed by atoms with Gasteiger partial charge in [0.25, 0.3) is 0 Å². The fraction of sp³-hybridized carbons (Fsp3) is 1.00. The van der Waals surface area contributed by atoms with Crippen LogP contribution in [0.25, 0.3) is 0 Å². The highest BCUT2D eigenvalue weighted by atomic mass is 16.3. The molecule has 0 radical (unpaired) electrons. The van der Waals surface area contributed by atoms with E-state index in [9.17, 15) is 10.2 Å². The number of quaternary nitrogens is 1. The molecular weight excluding hydrogens is 430 g/mol. The second kappa shape index (κ2) is 25.5. The maximum absolute atomic E-state index is 10.7. The van der Waals surface area contributed by atoms with Gasteiger partial charge in [0.05, 0.1) is 20.1 Å². The number of hydrogen-bond acceptors (Lipinski definition) is 2. The van der Waals surface area contributed by atoms with E-state index in [1.54, 1.807) is 6.92 Å². The van der Waals surface area contributed by atoms with Crippen LogP contribution in [0.5, 0.6) is 0 Å². The molecule has 2 N–H and O–H groups in total. The van der Waals surface area contributed by atoms with Crippen LogP contribution in [0.4, 0.5) is 0 Å². The predicted molar refractivity (Wildman–Crippen MR) is 156 cm³/mol. The molecule has 3 heteroatoms. The molecule has 0 amide bonds. The maximum atomic E-state index is 10.7. The molecule has 0 bridgehead atoms. The van der Waals surface area contributed by atoms with E-state index in [1.165, 1.54) is 141 Å². The Kier molecular flexibility index (Phi) is 25.4. The molecule has 0 aliphatic rings. The zero-order chi connectivity index (χ0) is 26.0. The molecule has 0 aromatic heterocycles. The van der Waals surface area contributed by atoms with Crippen molar-refractivity contribution in [3.63, 3.8) is 0 Å². The van der Waals surface area contributed by atoms with Gasteiger partial charge in [0.2, 0.25) is 6.23 Å². The van der Waals surface area contributed by atoms with E-state index in [-0.39, 0.29) is 0 Å². The Bertz CT molecular complexity index is 384. The Morgan fingerprint density at radius 2 is 0.657 bits per heavy atom. The van der Waals surface area contributed by atoms with Crippen molar-refractivity contribution in [2.45, 2.75) is 187 Å². The Labute approximate surface area is 222 Å².